The van der Waals surface area contributed by atoms with Gasteiger partial charge in [-0.25, -0.2) is 4.98 Å². The van der Waals surface area contributed by atoms with Gasteiger partial charge in [0.25, 0.3) is 6.01 Å². The van der Waals surface area contributed by atoms with Crippen molar-refractivity contribution < 1.29 is 4.74 Å². The molecule has 2 heterocycles. The Bertz CT molecular complexity index is 557. The van der Waals surface area contributed by atoms with Crippen LogP contribution >= 0.6 is 12.2 Å². The molecule has 0 unspecified atom stereocenters. The maximum absolute atomic E-state index is 5.25. The molecule has 0 aliphatic heterocycles. The van der Waals surface area contributed by atoms with Crippen LogP contribution in [-0.2, 0) is 7.05 Å². The van der Waals surface area contributed by atoms with Crippen molar-refractivity contribution in [2.24, 2.45) is 7.05 Å². The lowest BCUT2D eigenvalue weighted by Crippen LogP contribution is -1.99. The predicted molar refractivity (Wildman–Crippen MR) is 59.4 cm³/mol. The highest BCUT2D eigenvalue weighted by Gasteiger charge is 2.05. The molecular formula is C9H10N4OS. The average molecular weight is 222 g/mol. The minimum Gasteiger partial charge on any atom is -0.461 e. The molecule has 1 N–H and O–H groups in total. The van der Waals surface area contributed by atoms with Gasteiger partial charge in [-0.15, -0.1) is 0 Å². The quantitative estimate of drug-likeness (QED) is 0.633. The molecular weight excluding hydrogens is 212 g/mol. The number of hydrogen-bond donors (Lipinski definition) is 1. The molecule has 2 aromatic heterocycles. The summed E-state index contributed by atoms with van der Waals surface area (Å²) in [6.07, 6.45) is 3.32. The van der Waals surface area contributed by atoms with Crippen LogP contribution in [0.4, 0.5) is 0 Å². The van der Waals surface area contributed by atoms with Crippen LogP contribution in [0.15, 0.2) is 19.0 Å². The van der Waals surface area contributed by atoms with E-state index in [-0.39, 0.29) is 0 Å². The average Bonchev–Trinajstić information content (AvgIpc) is 2.58. The Morgan fingerprint density at radius 3 is 3.27 bits per heavy atom. The number of hydrogen-bond acceptors (Lipinski definition) is 4. The van der Waals surface area contributed by atoms with Crippen molar-refractivity contribution in [2.75, 3.05) is 6.61 Å². The monoisotopic (exact) mass is 222 g/mol. The molecule has 0 saturated carbocycles. The van der Waals surface area contributed by atoms with Crippen molar-refractivity contribution in [2.45, 2.75) is 0 Å². The zero-order valence-corrected chi connectivity index (χ0v) is 9.04. The third kappa shape index (κ3) is 1.75. The molecule has 15 heavy (non-hydrogen) atoms. The predicted octanol–water partition coefficient (Wildman–Crippen LogP) is 1.59. The summed E-state index contributed by atoms with van der Waals surface area (Å²) >= 11 is 5.14. The summed E-state index contributed by atoms with van der Waals surface area (Å²) < 4.78 is 7.55. The molecule has 0 spiro atoms. The van der Waals surface area contributed by atoms with Gasteiger partial charge in [-0.1, -0.05) is 24.9 Å². The molecule has 0 atom stereocenters. The Hall–Kier alpha value is -1.69. The SMILES string of the molecule is C=CCOc1nc(=S)c2c(ncn2C)[nH]1. The van der Waals surface area contributed by atoms with Crippen LogP contribution in [0.1, 0.15) is 0 Å². The van der Waals surface area contributed by atoms with Crippen molar-refractivity contribution in [3.05, 3.63) is 23.6 Å². The molecule has 0 aromatic carbocycles. The van der Waals surface area contributed by atoms with Crippen molar-refractivity contribution in [3.8, 4) is 6.01 Å². The first-order valence-electron chi connectivity index (χ1n) is 4.37. The summed E-state index contributed by atoms with van der Waals surface area (Å²) in [5, 5.41) is 0. The standard InChI is InChI=1S/C9H10N4OS/c1-3-4-14-9-11-7-6(8(15)12-9)13(2)5-10-7/h3,5H,1,4H2,2H3,(H,11,12,15). The molecule has 0 aliphatic carbocycles. The van der Waals surface area contributed by atoms with Crippen LogP contribution in [0.3, 0.4) is 0 Å². The van der Waals surface area contributed by atoms with Gasteiger partial charge < -0.3 is 9.30 Å². The number of fused-ring (bicyclic) bond motifs is 1. The number of aryl methyl sites for hydroxylation is 1. The molecule has 2 aromatic rings. The normalized spacial score (nSPS) is 10.5. The maximum atomic E-state index is 5.25. The Labute approximate surface area is 91.4 Å². The molecule has 0 radical (unpaired) electrons. The third-order valence-electron chi connectivity index (χ3n) is 1.91. The van der Waals surface area contributed by atoms with Gasteiger partial charge in [0.05, 0.1) is 6.33 Å². The molecule has 6 heteroatoms. The summed E-state index contributed by atoms with van der Waals surface area (Å²) in [5.41, 5.74) is 1.48. The molecule has 0 bridgehead atoms. The first-order chi connectivity index (χ1) is 7.22. The highest BCUT2D eigenvalue weighted by atomic mass is 32.1. The van der Waals surface area contributed by atoms with Crippen LogP contribution in [0.25, 0.3) is 11.2 Å². The lowest BCUT2D eigenvalue weighted by molar-refractivity contribution is 0.334. The van der Waals surface area contributed by atoms with Crippen molar-refractivity contribution in [3.63, 3.8) is 0 Å². The second-order valence-electron chi connectivity index (χ2n) is 3.00. The smallest absolute Gasteiger partial charge is 0.296 e. The van der Waals surface area contributed by atoms with E-state index >= 15 is 0 Å². The number of imidazole rings is 1. The highest BCUT2D eigenvalue weighted by molar-refractivity contribution is 7.71. The second-order valence-corrected chi connectivity index (χ2v) is 3.39. The number of aromatic amines is 1. The summed E-state index contributed by atoms with van der Waals surface area (Å²) in [7, 11) is 1.87. The summed E-state index contributed by atoms with van der Waals surface area (Å²) in [4.78, 5) is 11.2. The van der Waals surface area contributed by atoms with Gasteiger partial charge >= 0.3 is 0 Å². The molecule has 0 amide bonds. The van der Waals surface area contributed by atoms with E-state index in [2.05, 4.69) is 21.5 Å². The largest absolute Gasteiger partial charge is 0.461 e. The van der Waals surface area contributed by atoms with E-state index in [1.54, 1.807) is 12.4 Å². The molecule has 78 valence electrons. The Morgan fingerprint density at radius 1 is 1.73 bits per heavy atom. The van der Waals surface area contributed by atoms with E-state index < -0.39 is 0 Å². The third-order valence-corrected chi connectivity index (χ3v) is 2.19. The van der Waals surface area contributed by atoms with Gasteiger partial charge in [0, 0.05) is 7.05 Å². The zero-order chi connectivity index (χ0) is 10.8. The summed E-state index contributed by atoms with van der Waals surface area (Å²) in [5.74, 6) is 0. The molecule has 0 fully saturated rings. The number of rotatable bonds is 3. The number of nitrogens with zero attached hydrogens (tertiary/aromatic N) is 3. The van der Waals surface area contributed by atoms with Crippen LogP contribution in [-0.4, -0.2) is 26.1 Å². The van der Waals surface area contributed by atoms with Crippen molar-refractivity contribution in [1.82, 2.24) is 19.5 Å². The van der Waals surface area contributed by atoms with Crippen LogP contribution in [0.2, 0.25) is 0 Å². The number of H-pyrrole nitrogens is 1. The fraction of sp³-hybridized carbons (Fsp3) is 0.222. The van der Waals surface area contributed by atoms with Crippen LogP contribution < -0.4 is 4.74 Å². The molecule has 0 saturated heterocycles. The summed E-state index contributed by atoms with van der Waals surface area (Å²) in [6, 6.07) is 0.367. The van der Waals surface area contributed by atoms with Gasteiger partial charge in [-0.3, -0.25) is 4.98 Å². The van der Waals surface area contributed by atoms with E-state index in [9.17, 15) is 0 Å². The van der Waals surface area contributed by atoms with Crippen LogP contribution in [0.5, 0.6) is 6.01 Å². The van der Waals surface area contributed by atoms with Gasteiger partial charge in [0.15, 0.2) is 10.3 Å². The van der Waals surface area contributed by atoms with E-state index in [4.69, 9.17) is 17.0 Å². The molecule has 2 rings (SSSR count). The molecule has 0 aliphatic rings. The Kier molecular flexibility index (Phi) is 2.51. The first-order valence-corrected chi connectivity index (χ1v) is 4.78. The van der Waals surface area contributed by atoms with Gasteiger partial charge in [-0.05, 0) is 0 Å². The Balaban J connectivity index is 2.53. The van der Waals surface area contributed by atoms with E-state index in [1.807, 2.05) is 11.6 Å². The van der Waals surface area contributed by atoms with Crippen molar-refractivity contribution in [1.29, 1.82) is 0 Å². The summed E-state index contributed by atoms with van der Waals surface area (Å²) in [6.45, 7) is 3.94. The highest BCUT2D eigenvalue weighted by Crippen LogP contribution is 2.13. The fourth-order valence-corrected chi connectivity index (χ4v) is 1.58. The van der Waals surface area contributed by atoms with E-state index in [1.165, 1.54) is 0 Å². The lowest BCUT2D eigenvalue weighted by atomic mass is 10.5. The second kappa shape index (κ2) is 3.82. The first kappa shape index (κ1) is 9.85. The number of aromatic nitrogens is 4. The van der Waals surface area contributed by atoms with Gasteiger partial charge in [-0.2, -0.15) is 4.98 Å². The van der Waals surface area contributed by atoms with Crippen molar-refractivity contribution >= 4 is 23.4 Å². The maximum Gasteiger partial charge on any atom is 0.296 e. The van der Waals surface area contributed by atoms with Gasteiger partial charge in [0.2, 0.25) is 0 Å². The number of nitrogens with one attached hydrogen (secondary N) is 1. The Morgan fingerprint density at radius 2 is 2.53 bits per heavy atom. The number of ether oxygens (including phenoxy) is 1. The van der Waals surface area contributed by atoms with Crippen LogP contribution in [0, 0.1) is 4.64 Å². The fourth-order valence-electron chi connectivity index (χ4n) is 1.25. The molecule has 5 nitrogen and oxygen atoms in total. The van der Waals surface area contributed by atoms with E-state index in [0.717, 1.165) is 5.52 Å². The minimum atomic E-state index is 0.367. The van der Waals surface area contributed by atoms with Gasteiger partial charge in [0.1, 0.15) is 12.1 Å². The topological polar surface area (TPSA) is 55.7 Å². The zero-order valence-electron chi connectivity index (χ0n) is 8.23. The minimum absolute atomic E-state index is 0.367. The van der Waals surface area contributed by atoms with E-state index in [0.29, 0.717) is 22.9 Å². The lowest BCUT2D eigenvalue weighted by Gasteiger charge is -2.01.